The van der Waals surface area contributed by atoms with Gasteiger partial charge in [0.1, 0.15) is 36.4 Å². The zero-order chi connectivity index (χ0) is 33.1. The third kappa shape index (κ3) is 10.1. The van der Waals surface area contributed by atoms with Gasteiger partial charge in [-0.25, -0.2) is 14.6 Å². The van der Waals surface area contributed by atoms with E-state index in [1.54, 1.807) is 0 Å². The molecule has 0 saturated carbocycles. The maximum absolute atomic E-state index is 12.8. The molecule has 17 nitrogen and oxygen atoms in total. The highest BCUT2D eigenvalue weighted by Gasteiger charge is 2.44. The molecule has 1 fully saturated rings. The predicted molar refractivity (Wildman–Crippen MR) is 157 cm³/mol. The van der Waals surface area contributed by atoms with E-state index in [0.717, 1.165) is 16.6 Å². The van der Waals surface area contributed by atoms with Crippen LogP contribution in [0.1, 0.15) is 53.2 Å². The molecule has 45 heavy (non-hydrogen) atoms. The topological polar surface area (TPSA) is 268 Å². The Kier molecular flexibility index (Phi) is 13.0. The molecule has 3 heterocycles. The summed E-state index contributed by atoms with van der Waals surface area (Å²) in [5, 5.41) is 56.2. The van der Waals surface area contributed by atoms with Crippen molar-refractivity contribution in [2.24, 2.45) is 11.7 Å². The Balaban J connectivity index is 0.000000276. The Morgan fingerprint density at radius 1 is 1.07 bits per heavy atom. The molecule has 1 aromatic carbocycles. The standard InChI is InChI=1S/C19H25BN4O4.C8H12N4O5/c1-13(2)10-17(20(27)28)24-18(25)15(11-14-6-4-3-5-7-14)23-19(26)16-12-21-8-9-22-16;9-6(16)7-10-2-12(11-7)8-5(15)4(14)3(1-13)17-8/h3-9,12-13,15,17,27-28H,10-11H2,1-2H3,(H,23,26)(H,24,25);2-5,8,13-15H,1H2,(H2,9,16)/t15-,17-;3-,4-,5-,8-/m01/s1. The first-order valence-corrected chi connectivity index (χ1v) is 14.0. The number of ether oxygens (including phenoxy) is 1. The molecular weight excluding hydrogens is 591 g/mol. The van der Waals surface area contributed by atoms with Gasteiger partial charge in [0.25, 0.3) is 11.8 Å². The number of carbonyl (C=O) groups is 3. The number of aromatic nitrogens is 5. The summed E-state index contributed by atoms with van der Waals surface area (Å²) in [6, 6.07) is 8.33. The van der Waals surface area contributed by atoms with Crippen molar-refractivity contribution < 1.29 is 44.5 Å². The molecule has 0 aliphatic carbocycles. The number of carbonyl (C=O) groups excluding carboxylic acids is 3. The number of hydrogen-bond donors (Lipinski definition) is 8. The van der Waals surface area contributed by atoms with Gasteiger partial charge in [0.15, 0.2) is 6.23 Å². The van der Waals surface area contributed by atoms with Gasteiger partial charge in [-0.15, -0.1) is 5.10 Å². The Morgan fingerprint density at radius 3 is 2.31 bits per heavy atom. The van der Waals surface area contributed by atoms with Crippen molar-refractivity contribution in [1.29, 1.82) is 0 Å². The smallest absolute Gasteiger partial charge is 0.426 e. The van der Waals surface area contributed by atoms with Crippen LogP contribution in [0.25, 0.3) is 0 Å². The minimum atomic E-state index is -1.69. The first-order valence-electron chi connectivity index (χ1n) is 14.0. The monoisotopic (exact) mass is 628 g/mol. The zero-order valence-electron chi connectivity index (χ0n) is 24.6. The molecule has 6 atom stereocenters. The molecule has 0 spiro atoms. The molecule has 3 aromatic rings. The summed E-state index contributed by atoms with van der Waals surface area (Å²) < 4.78 is 6.25. The maximum atomic E-state index is 12.8. The Bertz CT molecular complexity index is 1380. The second kappa shape index (κ2) is 16.7. The summed E-state index contributed by atoms with van der Waals surface area (Å²) >= 11 is 0. The van der Waals surface area contributed by atoms with Crippen LogP contribution in [-0.2, 0) is 16.0 Å². The van der Waals surface area contributed by atoms with Crippen LogP contribution in [-0.4, -0.2) is 112 Å². The molecule has 4 rings (SSSR count). The van der Waals surface area contributed by atoms with Crippen molar-refractivity contribution in [3.05, 3.63) is 72.3 Å². The quantitative estimate of drug-likeness (QED) is 0.0954. The van der Waals surface area contributed by atoms with E-state index in [2.05, 4.69) is 30.7 Å². The first-order chi connectivity index (χ1) is 21.4. The number of benzene rings is 1. The average molecular weight is 628 g/mol. The van der Waals surface area contributed by atoms with Crippen LogP contribution in [0.15, 0.2) is 55.2 Å². The number of rotatable bonds is 12. The van der Waals surface area contributed by atoms with Crippen LogP contribution in [0, 0.1) is 5.92 Å². The molecular formula is C27H37BN8O9. The molecule has 1 saturated heterocycles. The number of nitrogens with zero attached hydrogens (tertiary/aromatic N) is 5. The number of nitrogens with two attached hydrogens (primary N) is 1. The van der Waals surface area contributed by atoms with Gasteiger partial charge < -0.3 is 46.5 Å². The number of hydrogen-bond acceptors (Lipinski definition) is 13. The maximum Gasteiger partial charge on any atom is 0.475 e. The summed E-state index contributed by atoms with van der Waals surface area (Å²) in [6.07, 6.45) is 1.52. The van der Waals surface area contributed by atoms with Crippen LogP contribution in [0.2, 0.25) is 0 Å². The van der Waals surface area contributed by atoms with Gasteiger partial charge in [-0.3, -0.25) is 19.4 Å². The minimum absolute atomic E-state index is 0.0919. The van der Waals surface area contributed by atoms with E-state index < -0.39 is 68.0 Å². The number of nitrogens with one attached hydrogen (secondary N) is 2. The van der Waals surface area contributed by atoms with Crippen molar-refractivity contribution in [2.75, 3.05) is 6.61 Å². The Hall–Kier alpha value is -4.33. The summed E-state index contributed by atoms with van der Waals surface area (Å²) in [5.41, 5.74) is 5.92. The zero-order valence-corrected chi connectivity index (χ0v) is 24.6. The fraction of sp³-hybridized carbons (Fsp3) is 0.444. The van der Waals surface area contributed by atoms with Gasteiger partial charge in [0, 0.05) is 18.8 Å². The van der Waals surface area contributed by atoms with E-state index in [-0.39, 0.29) is 23.9 Å². The average Bonchev–Trinajstić information content (AvgIpc) is 3.62. The van der Waals surface area contributed by atoms with Crippen molar-refractivity contribution in [3.8, 4) is 0 Å². The van der Waals surface area contributed by atoms with E-state index in [1.165, 1.54) is 18.6 Å². The largest absolute Gasteiger partial charge is 0.475 e. The van der Waals surface area contributed by atoms with Gasteiger partial charge >= 0.3 is 7.12 Å². The number of primary amides is 1. The van der Waals surface area contributed by atoms with Crippen molar-refractivity contribution in [1.82, 2.24) is 35.4 Å². The Morgan fingerprint density at radius 2 is 1.78 bits per heavy atom. The first kappa shape index (κ1) is 35.2. The lowest BCUT2D eigenvalue weighted by Crippen LogP contribution is -2.55. The number of amides is 3. The fourth-order valence-electron chi connectivity index (χ4n) is 4.36. The van der Waals surface area contributed by atoms with E-state index in [4.69, 9.17) is 15.6 Å². The van der Waals surface area contributed by atoms with E-state index in [1.807, 2.05) is 44.2 Å². The van der Waals surface area contributed by atoms with E-state index in [9.17, 15) is 34.6 Å². The summed E-state index contributed by atoms with van der Waals surface area (Å²) in [6.45, 7) is 3.39. The minimum Gasteiger partial charge on any atom is -0.426 e. The summed E-state index contributed by atoms with van der Waals surface area (Å²) in [4.78, 5) is 47.5. The molecule has 242 valence electrons. The van der Waals surface area contributed by atoms with Gasteiger partial charge in [0.2, 0.25) is 11.7 Å². The van der Waals surface area contributed by atoms with Crippen LogP contribution < -0.4 is 16.4 Å². The van der Waals surface area contributed by atoms with Crippen molar-refractivity contribution in [3.63, 3.8) is 0 Å². The molecule has 9 N–H and O–H groups in total. The fourth-order valence-corrected chi connectivity index (χ4v) is 4.36. The van der Waals surface area contributed by atoms with E-state index in [0.29, 0.717) is 6.42 Å². The molecule has 1 aliphatic rings. The Labute approximate surface area is 258 Å². The van der Waals surface area contributed by atoms with Crippen LogP contribution in [0.3, 0.4) is 0 Å². The predicted octanol–water partition coefficient (Wildman–Crippen LogP) is -2.65. The molecule has 2 aromatic heterocycles. The highest BCUT2D eigenvalue weighted by molar-refractivity contribution is 6.43. The molecule has 0 unspecified atom stereocenters. The van der Waals surface area contributed by atoms with Gasteiger partial charge in [-0.2, -0.15) is 0 Å². The lowest BCUT2D eigenvalue weighted by Gasteiger charge is -2.24. The highest BCUT2D eigenvalue weighted by atomic mass is 16.6. The second-order valence-electron chi connectivity index (χ2n) is 10.6. The van der Waals surface area contributed by atoms with Crippen LogP contribution in [0.4, 0.5) is 0 Å². The molecule has 18 heteroatoms. The van der Waals surface area contributed by atoms with Crippen molar-refractivity contribution >= 4 is 24.8 Å². The third-order valence-electron chi connectivity index (χ3n) is 6.62. The van der Waals surface area contributed by atoms with Crippen LogP contribution in [0.5, 0.6) is 0 Å². The summed E-state index contributed by atoms with van der Waals surface area (Å²) in [5.74, 6) is -2.75. The molecule has 0 radical (unpaired) electrons. The molecule has 0 bridgehead atoms. The summed E-state index contributed by atoms with van der Waals surface area (Å²) in [7, 11) is -1.69. The molecule has 1 aliphatic heterocycles. The van der Waals surface area contributed by atoms with Gasteiger partial charge in [0.05, 0.1) is 18.7 Å². The highest BCUT2D eigenvalue weighted by Crippen LogP contribution is 2.28. The SMILES string of the molecule is CC(C)C[C@H](NC(=O)[C@H](Cc1ccccc1)NC(=O)c1cnccn1)B(O)O.NC(=O)c1ncn([C@@H]2O[C@H](CO)[C@@H](O)[C@H]2O)n1. The van der Waals surface area contributed by atoms with Crippen molar-refractivity contribution in [2.45, 2.75) is 63.2 Å². The lowest BCUT2D eigenvalue weighted by atomic mass is 9.75. The second-order valence-corrected chi connectivity index (χ2v) is 10.6. The number of aliphatic hydroxyl groups is 3. The third-order valence-corrected chi connectivity index (χ3v) is 6.62. The molecule has 3 amide bonds. The lowest BCUT2D eigenvalue weighted by molar-refractivity contribution is -0.123. The van der Waals surface area contributed by atoms with Crippen LogP contribution >= 0.6 is 0 Å². The van der Waals surface area contributed by atoms with Gasteiger partial charge in [-0.05, 0) is 17.9 Å². The van der Waals surface area contributed by atoms with Gasteiger partial charge in [-0.1, -0.05) is 44.2 Å². The number of aliphatic hydroxyl groups excluding tert-OH is 3. The normalized spacial score (nSPS) is 20.4. The van der Waals surface area contributed by atoms with E-state index >= 15 is 0 Å².